The molecule has 1 aliphatic rings. The van der Waals surface area contributed by atoms with E-state index in [-0.39, 0.29) is 5.91 Å². The molecule has 1 amide bonds. The first-order valence-corrected chi connectivity index (χ1v) is 8.18. The number of nitrogens with one attached hydrogen (secondary N) is 1. The van der Waals surface area contributed by atoms with Crippen molar-refractivity contribution < 1.29 is 9.90 Å². The summed E-state index contributed by atoms with van der Waals surface area (Å²) in [5.74, 6) is -0.00843. The first kappa shape index (κ1) is 17.0. The van der Waals surface area contributed by atoms with Crippen LogP contribution in [0, 0.1) is 0 Å². The SMILES string of the molecule is CCN(CC)CCN1CCN(C(=O)c2cc[nH]c2)CC(O)C1. The number of aliphatic hydroxyl groups excluding tert-OH is 1. The van der Waals surface area contributed by atoms with Crippen LogP contribution in [0.2, 0.25) is 0 Å². The lowest BCUT2D eigenvalue weighted by atomic mass is 10.2. The molecule has 22 heavy (non-hydrogen) atoms. The maximum atomic E-state index is 12.4. The number of hydrogen-bond donors (Lipinski definition) is 2. The van der Waals surface area contributed by atoms with Gasteiger partial charge in [0.05, 0.1) is 11.7 Å². The minimum absolute atomic E-state index is 0.00843. The second-order valence-electron chi connectivity index (χ2n) is 5.83. The molecular formula is C16H28N4O2. The van der Waals surface area contributed by atoms with E-state index in [1.807, 2.05) is 0 Å². The topological polar surface area (TPSA) is 62.8 Å². The second kappa shape index (κ2) is 8.31. The van der Waals surface area contributed by atoms with Crippen LogP contribution in [-0.4, -0.2) is 89.2 Å². The number of amides is 1. The Hall–Kier alpha value is -1.37. The summed E-state index contributed by atoms with van der Waals surface area (Å²) in [7, 11) is 0. The number of carbonyl (C=O) groups excluding carboxylic acids is 1. The fourth-order valence-electron chi connectivity index (χ4n) is 2.90. The zero-order valence-corrected chi connectivity index (χ0v) is 13.7. The van der Waals surface area contributed by atoms with Crippen molar-refractivity contribution in [1.82, 2.24) is 19.7 Å². The number of H-pyrrole nitrogens is 1. The molecule has 1 fully saturated rings. The van der Waals surface area contributed by atoms with E-state index in [1.165, 1.54) is 0 Å². The van der Waals surface area contributed by atoms with Crippen molar-refractivity contribution >= 4 is 5.91 Å². The number of carbonyl (C=O) groups is 1. The number of nitrogens with zero attached hydrogens (tertiary/aromatic N) is 3. The lowest BCUT2D eigenvalue weighted by Gasteiger charge is -2.25. The molecular weight excluding hydrogens is 280 g/mol. The number of β-amino-alcohol motifs (C(OH)–C–C–N with tert-alkyl or cyclic N) is 1. The summed E-state index contributed by atoms with van der Waals surface area (Å²) in [6, 6.07) is 1.78. The second-order valence-corrected chi connectivity index (χ2v) is 5.83. The van der Waals surface area contributed by atoms with Crippen molar-refractivity contribution in [3.8, 4) is 0 Å². The summed E-state index contributed by atoms with van der Waals surface area (Å²) in [6.45, 7) is 10.9. The summed E-state index contributed by atoms with van der Waals surface area (Å²) in [5, 5.41) is 10.2. The predicted molar refractivity (Wildman–Crippen MR) is 86.9 cm³/mol. The van der Waals surface area contributed by atoms with Crippen LogP contribution in [0.25, 0.3) is 0 Å². The Bertz CT molecular complexity index is 445. The minimum atomic E-state index is -0.484. The number of aliphatic hydroxyl groups is 1. The highest BCUT2D eigenvalue weighted by atomic mass is 16.3. The summed E-state index contributed by atoms with van der Waals surface area (Å²) in [5.41, 5.74) is 0.656. The first-order valence-electron chi connectivity index (χ1n) is 8.18. The molecule has 6 heteroatoms. The molecule has 0 spiro atoms. The van der Waals surface area contributed by atoms with Gasteiger partial charge in [0.25, 0.3) is 5.91 Å². The molecule has 2 N–H and O–H groups in total. The van der Waals surface area contributed by atoms with E-state index >= 15 is 0 Å². The van der Waals surface area contributed by atoms with Gasteiger partial charge in [-0.15, -0.1) is 0 Å². The predicted octanol–water partition coefficient (Wildman–Crippen LogP) is 0.475. The molecule has 0 aromatic carbocycles. The molecule has 1 atom stereocenters. The lowest BCUT2D eigenvalue weighted by Crippen LogP contribution is -2.39. The van der Waals surface area contributed by atoms with Crippen LogP contribution < -0.4 is 0 Å². The third kappa shape index (κ3) is 4.56. The highest BCUT2D eigenvalue weighted by molar-refractivity contribution is 5.94. The monoisotopic (exact) mass is 308 g/mol. The largest absolute Gasteiger partial charge is 0.390 e. The first-order chi connectivity index (χ1) is 10.6. The van der Waals surface area contributed by atoms with Crippen LogP contribution in [0.4, 0.5) is 0 Å². The van der Waals surface area contributed by atoms with Crippen LogP contribution in [-0.2, 0) is 0 Å². The van der Waals surface area contributed by atoms with Crippen molar-refractivity contribution in [2.75, 3.05) is 52.4 Å². The normalized spacial score (nSPS) is 20.4. The zero-order valence-electron chi connectivity index (χ0n) is 13.7. The summed E-state index contributed by atoms with van der Waals surface area (Å²) in [4.78, 5) is 21.7. The van der Waals surface area contributed by atoms with E-state index < -0.39 is 6.10 Å². The van der Waals surface area contributed by atoms with Crippen LogP contribution in [0.15, 0.2) is 18.5 Å². The molecule has 1 aromatic rings. The van der Waals surface area contributed by atoms with Gasteiger partial charge in [-0.2, -0.15) is 0 Å². The van der Waals surface area contributed by atoms with E-state index in [1.54, 1.807) is 23.4 Å². The van der Waals surface area contributed by atoms with Crippen LogP contribution >= 0.6 is 0 Å². The van der Waals surface area contributed by atoms with Gasteiger partial charge >= 0.3 is 0 Å². The van der Waals surface area contributed by atoms with Crippen LogP contribution in [0.3, 0.4) is 0 Å². The Labute approximate surface area is 132 Å². The van der Waals surface area contributed by atoms with Crippen molar-refractivity contribution in [2.24, 2.45) is 0 Å². The maximum absolute atomic E-state index is 12.4. The quantitative estimate of drug-likeness (QED) is 0.802. The standard InChI is InChI=1S/C16H28N4O2/c1-3-18(4-2)7-8-19-9-10-20(13-15(21)12-19)16(22)14-5-6-17-11-14/h5-6,11,15,17,21H,3-4,7-10,12-13H2,1-2H3. The molecule has 1 unspecified atom stereocenters. The van der Waals surface area contributed by atoms with Crippen LogP contribution in [0.5, 0.6) is 0 Å². The van der Waals surface area contributed by atoms with Gasteiger partial charge in [-0.1, -0.05) is 13.8 Å². The molecule has 0 bridgehead atoms. The molecule has 0 aliphatic carbocycles. The molecule has 0 saturated carbocycles. The third-order valence-electron chi connectivity index (χ3n) is 4.35. The van der Waals surface area contributed by atoms with E-state index in [4.69, 9.17) is 0 Å². The van der Waals surface area contributed by atoms with Gasteiger partial charge < -0.3 is 19.9 Å². The van der Waals surface area contributed by atoms with E-state index in [9.17, 15) is 9.90 Å². The Balaban J connectivity index is 1.88. The number of aromatic amines is 1. The Morgan fingerprint density at radius 1 is 1.36 bits per heavy atom. The van der Waals surface area contributed by atoms with Crippen molar-refractivity contribution in [3.05, 3.63) is 24.0 Å². The van der Waals surface area contributed by atoms with Crippen molar-refractivity contribution in [3.63, 3.8) is 0 Å². The van der Waals surface area contributed by atoms with Crippen molar-refractivity contribution in [2.45, 2.75) is 20.0 Å². The number of aromatic nitrogens is 1. The Kier molecular flexibility index (Phi) is 6.42. The third-order valence-corrected chi connectivity index (χ3v) is 4.35. The van der Waals surface area contributed by atoms with Gasteiger partial charge in [0.1, 0.15) is 0 Å². The highest BCUT2D eigenvalue weighted by Crippen LogP contribution is 2.09. The summed E-state index contributed by atoms with van der Waals surface area (Å²) < 4.78 is 0. The van der Waals surface area contributed by atoms with Crippen molar-refractivity contribution in [1.29, 1.82) is 0 Å². The zero-order chi connectivity index (χ0) is 15.9. The fourth-order valence-corrected chi connectivity index (χ4v) is 2.90. The average molecular weight is 308 g/mol. The number of hydrogen-bond acceptors (Lipinski definition) is 4. The highest BCUT2D eigenvalue weighted by Gasteiger charge is 2.25. The Morgan fingerprint density at radius 2 is 2.14 bits per heavy atom. The van der Waals surface area contributed by atoms with Gasteiger partial charge in [0, 0.05) is 51.7 Å². The van der Waals surface area contributed by atoms with E-state index in [0.29, 0.717) is 25.2 Å². The smallest absolute Gasteiger partial charge is 0.255 e. The maximum Gasteiger partial charge on any atom is 0.255 e. The summed E-state index contributed by atoms with van der Waals surface area (Å²) >= 11 is 0. The van der Waals surface area contributed by atoms with Gasteiger partial charge in [-0.3, -0.25) is 9.69 Å². The van der Waals surface area contributed by atoms with Crippen LogP contribution in [0.1, 0.15) is 24.2 Å². The van der Waals surface area contributed by atoms with Gasteiger partial charge in [0.15, 0.2) is 0 Å². The lowest BCUT2D eigenvalue weighted by molar-refractivity contribution is 0.0663. The van der Waals surface area contributed by atoms with Gasteiger partial charge in [-0.05, 0) is 19.2 Å². The molecule has 2 heterocycles. The molecule has 2 rings (SSSR count). The molecule has 124 valence electrons. The number of likely N-dealkylation sites (N-methyl/N-ethyl adjacent to an activating group) is 1. The summed E-state index contributed by atoms with van der Waals surface area (Å²) in [6.07, 6.45) is 2.97. The Morgan fingerprint density at radius 3 is 2.77 bits per heavy atom. The average Bonchev–Trinajstić information content (AvgIpc) is 2.98. The minimum Gasteiger partial charge on any atom is -0.390 e. The molecule has 1 aromatic heterocycles. The van der Waals surface area contributed by atoms with E-state index in [2.05, 4.69) is 28.6 Å². The number of rotatable bonds is 6. The van der Waals surface area contributed by atoms with Gasteiger partial charge in [0.2, 0.25) is 0 Å². The molecule has 1 aliphatic heterocycles. The van der Waals surface area contributed by atoms with E-state index in [0.717, 1.165) is 32.7 Å². The molecule has 0 radical (unpaired) electrons. The molecule has 1 saturated heterocycles. The molecule has 6 nitrogen and oxygen atoms in total. The fraction of sp³-hybridized carbons (Fsp3) is 0.688. The van der Waals surface area contributed by atoms with Gasteiger partial charge in [-0.25, -0.2) is 0 Å².